The van der Waals surface area contributed by atoms with Crippen molar-refractivity contribution >= 4 is 27.8 Å². The standard InChI is InChI=1S/C24H35N3O8S.H2O/c1-35-19-7-9-20(10-8-19)36(33,34)27(22(23(29)25-32)17-5-3-2-4-6-17)16-13-21(28)26-14-11-18(12-15-26)24(30)31;/h7-10,17-18,22,32H,2-6,11-16H2,1H3,(H,25,29)(H,30,31);1H2. The molecule has 208 valence electrons. The van der Waals surface area contributed by atoms with Crippen LogP contribution in [0.5, 0.6) is 5.75 Å². The van der Waals surface area contributed by atoms with Gasteiger partial charge < -0.3 is 20.2 Å². The summed E-state index contributed by atoms with van der Waals surface area (Å²) in [6.07, 6.45) is 4.43. The molecule has 1 aliphatic carbocycles. The number of carbonyl (C=O) groups excluding carboxylic acids is 2. The average molecular weight is 544 g/mol. The summed E-state index contributed by atoms with van der Waals surface area (Å²) in [5, 5.41) is 18.7. The van der Waals surface area contributed by atoms with Crippen molar-refractivity contribution in [3.8, 4) is 5.75 Å². The molecule has 1 saturated heterocycles. The molecule has 5 N–H and O–H groups in total. The highest BCUT2D eigenvalue weighted by Gasteiger charge is 2.41. The molecule has 1 atom stereocenters. The zero-order valence-electron chi connectivity index (χ0n) is 21.0. The number of carboxylic acids is 1. The van der Waals surface area contributed by atoms with Crippen LogP contribution in [0.15, 0.2) is 29.2 Å². The Balaban J connectivity index is 0.00000481. The second-order valence-corrected chi connectivity index (χ2v) is 11.2. The Kier molecular flexibility index (Phi) is 11.3. The van der Waals surface area contributed by atoms with Gasteiger partial charge in [-0.3, -0.25) is 19.6 Å². The molecule has 0 spiro atoms. The van der Waals surface area contributed by atoms with E-state index in [0.717, 1.165) is 23.6 Å². The Morgan fingerprint density at radius 3 is 2.19 bits per heavy atom. The van der Waals surface area contributed by atoms with Crippen LogP contribution in [0.3, 0.4) is 0 Å². The van der Waals surface area contributed by atoms with Gasteiger partial charge in [0.2, 0.25) is 15.9 Å². The van der Waals surface area contributed by atoms with Crippen LogP contribution >= 0.6 is 0 Å². The predicted octanol–water partition coefficient (Wildman–Crippen LogP) is 1.03. The van der Waals surface area contributed by atoms with Crippen molar-refractivity contribution in [2.45, 2.75) is 62.3 Å². The van der Waals surface area contributed by atoms with Gasteiger partial charge in [0, 0.05) is 26.1 Å². The van der Waals surface area contributed by atoms with Gasteiger partial charge in [-0.1, -0.05) is 19.3 Å². The summed E-state index contributed by atoms with van der Waals surface area (Å²) in [4.78, 5) is 38.5. The van der Waals surface area contributed by atoms with E-state index in [9.17, 15) is 33.1 Å². The summed E-state index contributed by atoms with van der Waals surface area (Å²) in [7, 11) is -2.76. The highest BCUT2D eigenvalue weighted by atomic mass is 32.2. The lowest BCUT2D eigenvalue weighted by Gasteiger charge is -2.37. The number of carbonyl (C=O) groups is 3. The fourth-order valence-electron chi connectivity index (χ4n) is 5.13. The molecular formula is C24H37N3O9S. The summed E-state index contributed by atoms with van der Waals surface area (Å²) in [6.45, 7) is 0.315. The number of nitrogens with one attached hydrogen (secondary N) is 1. The van der Waals surface area contributed by atoms with Crippen LogP contribution in [0.4, 0.5) is 0 Å². The molecule has 12 nitrogen and oxygen atoms in total. The molecule has 2 amide bonds. The molecule has 1 aliphatic heterocycles. The zero-order valence-corrected chi connectivity index (χ0v) is 21.8. The summed E-state index contributed by atoms with van der Waals surface area (Å²) in [6, 6.07) is 4.60. The van der Waals surface area contributed by atoms with E-state index in [1.807, 2.05) is 0 Å². The third kappa shape index (κ3) is 7.40. The topological polar surface area (TPSA) is 185 Å². The van der Waals surface area contributed by atoms with Gasteiger partial charge in [-0.05, 0) is 55.9 Å². The summed E-state index contributed by atoms with van der Waals surface area (Å²) >= 11 is 0. The van der Waals surface area contributed by atoms with Crippen LogP contribution in [-0.2, 0) is 24.4 Å². The number of carboxylic acid groups (broad SMARTS) is 1. The molecule has 37 heavy (non-hydrogen) atoms. The second kappa shape index (κ2) is 13.7. The molecule has 2 fully saturated rings. The number of hydrogen-bond donors (Lipinski definition) is 3. The van der Waals surface area contributed by atoms with Gasteiger partial charge >= 0.3 is 5.97 Å². The average Bonchev–Trinajstić information content (AvgIpc) is 2.90. The molecule has 0 bridgehead atoms. The second-order valence-electron chi connectivity index (χ2n) is 9.35. The predicted molar refractivity (Wildman–Crippen MR) is 132 cm³/mol. The number of likely N-dealkylation sites (tertiary alicyclic amines) is 1. The number of sulfonamides is 1. The fraction of sp³-hybridized carbons (Fsp3) is 0.625. The lowest BCUT2D eigenvalue weighted by atomic mass is 9.83. The van der Waals surface area contributed by atoms with Crippen molar-refractivity contribution < 1.29 is 43.3 Å². The minimum absolute atomic E-state index is 0. The molecule has 1 aromatic carbocycles. The molecule has 1 aromatic rings. The Bertz CT molecular complexity index is 1020. The Hall–Kier alpha value is -2.74. The quantitative estimate of drug-likeness (QED) is 0.288. The monoisotopic (exact) mass is 543 g/mol. The van der Waals surface area contributed by atoms with Crippen LogP contribution in [0.25, 0.3) is 0 Å². The number of piperidine rings is 1. The summed E-state index contributed by atoms with van der Waals surface area (Å²) in [5.74, 6) is -2.35. The number of nitrogens with zero attached hydrogens (tertiary/aromatic N) is 2. The van der Waals surface area contributed by atoms with E-state index in [1.165, 1.54) is 31.4 Å². The van der Waals surface area contributed by atoms with Crippen LogP contribution in [-0.4, -0.2) is 84.0 Å². The Morgan fingerprint density at radius 2 is 1.68 bits per heavy atom. The molecule has 1 saturated carbocycles. The van der Waals surface area contributed by atoms with Crippen molar-refractivity contribution in [2.75, 3.05) is 26.7 Å². The van der Waals surface area contributed by atoms with Gasteiger partial charge in [-0.2, -0.15) is 4.31 Å². The minimum atomic E-state index is -4.22. The third-order valence-corrected chi connectivity index (χ3v) is 9.09. The molecule has 1 unspecified atom stereocenters. The lowest BCUT2D eigenvalue weighted by molar-refractivity contribution is -0.145. The molecule has 0 aromatic heterocycles. The summed E-state index contributed by atoms with van der Waals surface area (Å²) < 4.78 is 33.7. The normalized spacial score (nSPS) is 18.1. The van der Waals surface area contributed by atoms with Crippen molar-refractivity contribution in [1.29, 1.82) is 0 Å². The maximum Gasteiger partial charge on any atom is 0.306 e. The van der Waals surface area contributed by atoms with E-state index in [2.05, 4.69) is 0 Å². The first-order valence-electron chi connectivity index (χ1n) is 12.3. The Labute approximate surface area is 216 Å². The van der Waals surface area contributed by atoms with Crippen LogP contribution < -0.4 is 10.2 Å². The van der Waals surface area contributed by atoms with Crippen LogP contribution in [0, 0.1) is 11.8 Å². The lowest BCUT2D eigenvalue weighted by Crippen LogP contribution is -2.54. The molecule has 2 aliphatic rings. The first-order valence-corrected chi connectivity index (χ1v) is 13.7. The van der Waals surface area contributed by atoms with Gasteiger partial charge in [0.05, 0.1) is 17.9 Å². The number of methoxy groups -OCH3 is 1. The molecular weight excluding hydrogens is 506 g/mol. The first-order chi connectivity index (χ1) is 17.2. The van der Waals surface area contributed by atoms with E-state index in [-0.39, 0.29) is 48.3 Å². The minimum Gasteiger partial charge on any atom is -0.497 e. The van der Waals surface area contributed by atoms with Crippen molar-refractivity contribution in [3.63, 3.8) is 0 Å². The number of aliphatic carboxylic acids is 1. The highest BCUT2D eigenvalue weighted by molar-refractivity contribution is 7.89. The van der Waals surface area contributed by atoms with E-state index in [0.29, 0.717) is 31.4 Å². The van der Waals surface area contributed by atoms with Crippen LogP contribution in [0.2, 0.25) is 0 Å². The first kappa shape index (κ1) is 30.5. The zero-order chi connectivity index (χ0) is 26.3. The van der Waals surface area contributed by atoms with Gasteiger partial charge in [0.25, 0.3) is 5.91 Å². The van der Waals surface area contributed by atoms with E-state index < -0.39 is 33.9 Å². The molecule has 3 rings (SSSR count). The van der Waals surface area contributed by atoms with Gasteiger partial charge in [0.1, 0.15) is 11.8 Å². The maximum atomic E-state index is 13.8. The van der Waals surface area contributed by atoms with Crippen LogP contribution in [0.1, 0.15) is 51.4 Å². The van der Waals surface area contributed by atoms with E-state index in [1.54, 1.807) is 10.4 Å². The van der Waals surface area contributed by atoms with Gasteiger partial charge in [-0.25, -0.2) is 13.9 Å². The SMILES string of the molecule is COc1ccc(S(=O)(=O)N(CCC(=O)N2CCC(C(=O)O)CC2)C(C(=O)NO)C2CCCCC2)cc1.O. The van der Waals surface area contributed by atoms with Gasteiger partial charge in [0.15, 0.2) is 0 Å². The third-order valence-electron chi connectivity index (χ3n) is 7.19. The molecule has 0 radical (unpaired) electrons. The van der Waals surface area contributed by atoms with Gasteiger partial charge in [-0.15, -0.1) is 0 Å². The number of ether oxygens (including phenoxy) is 1. The smallest absolute Gasteiger partial charge is 0.306 e. The van der Waals surface area contributed by atoms with E-state index >= 15 is 0 Å². The molecule has 1 heterocycles. The highest BCUT2D eigenvalue weighted by Crippen LogP contribution is 2.33. The van der Waals surface area contributed by atoms with Crippen molar-refractivity contribution in [2.24, 2.45) is 11.8 Å². The fourth-order valence-corrected chi connectivity index (χ4v) is 6.78. The van der Waals surface area contributed by atoms with Crippen molar-refractivity contribution in [1.82, 2.24) is 14.7 Å². The maximum absolute atomic E-state index is 13.8. The van der Waals surface area contributed by atoms with E-state index in [4.69, 9.17) is 4.74 Å². The number of amides is 2. The number of benzene rings is 1. The van der Waals surface area contributed by atoms with Crippen molar-refractivity contribution in [3.05, 3.63) is 24.3 Å². The number of rotatable bonds is 10. The number of hydrogen-bond acceptors (Lipinski definition) is 7. The summed E-state index contributed by atoms with van der Waals surface area (Å²) in [5.41, 5.74) is 1.64. The molecule has 13 heteroatoms. The largest absolute Gasteiger partial charge is 0.497 e. The Morgan fingerprint density at radius 1 is 1.08 bits per heavy atom. The number of hydroxylamine groups is 1.